The first-order chi connectivity index (χ1) is 13.9. The number of hydrogen-bond donors (Lipinski definition) is 1. The number of amides is 1. The van der Waals surface area contributed by atoms with Crippen molar-refractivity contribution in [3.05, 3.63) is 29.3 Å². The number of esters is 2. The summed E-state index contributed by atoms with van der Waals surface area (Å²) in [5.41, 5.74) is 0.781. The van der Waals surface area contributed by atoms with Gasteiger partial charge in [0.25, 0.3) is 0 Å². The molecule has 0 atom stereocenters. The van der Waals surface area contributed by atoms with Crippen LogP contribution in [0.4, 0.5) is 5.69 Å². The third kappa shape index (κ3) is 4.29. The molecule has 0 aromatic heterocycles. The van der Waals surface area contributed by atoms with E-state index in [2.05, 4.69) is 5.32 Å². The van der Waals surface area contributed by atoms with Crippen molar-refractivity contribution in [3.8, 4) is 0 Å². The molecular weight excluding hydrogens is 390 g/mol. The SMILES string of the molecule is COC(=O)c1cc(NC(=O)CSC23CC4CC(CC(C4)C2)C3)cc(C(=O)OC)c1. The number of benzene rings is 1. The van der Waals surface area contributed by atoms with E-state index < -0.39 is 11.9 Å². The minimum atomic E-state index is -0.575. The average Bonchev–Trinajstić information content (AvgIpc) is 2.70. The van der Waals surface area contributed by atoms with Crippen molar-refractivity contribution in [2.45, 2.75) is 43.3 Å². The predicted octanol–water partition coefficient (Wildman–Crippen LogP) is 3.90. The molecule has 4 aliphatic rings. The van der Waals surface area contributed by atoms with Gasteiger partial charge in [0, 0.05) is 10.4 Å². The van der Waals surface area contributed by atoms with Crippen molar-refractivity contribution in [2.75, 3.05) is 25.3 Å². The van der Waals surface area contributed by atoms with E-state index in [-0.39, 0.29) is 21.8 Å². The molecule has 0 aliphatic heterocycles. The van der Waals surface area contributed by atoms with Gasteiger partial charge >= 0.3 is 11.9 Å². The van der Waals surface area contributed by atoms with E-state index in [1.807, 2.05) is 0 Å². The fraction of sp³-hybridized carbons (Fsp3) is 0.591. The van der Waals surface area contributed by atoms with Crippen molar-refractivity contribution in [2.24, 2.45) is 17.8 Å². The quantitative estimate of drug-likeness (QED) is 0.707. The van der Waals surface area contributed by atoms with Gasteiger partial charge in [-0.1, -0.05) is 0 Å². The van der Waals surface area contributed by atoms with Crippen LogP contribution < -0.4 is 5.32 Å². The molecule has 156 valence electrons. The van der Waals surface area contributed by atoms with Crippen LogP contribution in [0.3, 0.4) is 0 Å². The summed E-state index contributed by atoms with van der Waals surface area (Å²) in [5.74, 6) is 1.64. The highest BCUT2D eigenvalue weighted by Crippen LogP contribution is 2.60. The lowest BCUT2D eigenvalue weighted by Gasteiger charge is -2.56. The molecule has 5 rings (SSSR count). The number of carbonyl (C=O) groups is 3. The van der Waals surface area contributed by atoms with Crippen LogP contribution in [0, 0.1) is 17.8 Å². The third-order valence-corrected chi connectivity index (χ3v) is 8.07. The van der Waals surface area contributed by atoms with Crippen molar-refractivity contribution in [1.29, 1.82) is 0 Å². The Hall–Kier alpha value is -2.02. The molecule has 1 aromatic rings. The largest absolute Gasteiger partial charge is 0.465 e. The van der Waals surface area contributed by atoms with Crippen LogP contribution in [-0.2, 0) is 14.3 Å². The highest BCUT2D eigenvalue weighted by atomic mass is 32.2. The zero-order chi connectivity index (χ0) is 20.6. The van der Waals surface area contributed by atoms with Crippen LogP contribution in [0.15, 0.2) is 18.2 Å². The van der Waals surface area contributed by atoms with Gasteiger partial charge in [-0.15, -0.1) is 11.8 Å². The van der Waals surface area contributed by atoms with Crippen LogP contribution in [0.25, 0.3) is 0 Å². The van der Waals surface area contributed by atoms with Gasteiger partial charge in [0.15, 0.2) is 0 Å². The molecule has 1 amide bonds. The molecule has 4 fully saturated rings. The number of ether oxygens (including phenoxy) is 2. The second-order valence-electron chi connectivity index (χ2n) is 8.72. The maximum Gasteiger partial charge on any atom is 0.337 e. The molecule has 7 heteroatoms. The summed E-state index contributed by atoms with van der Waals surface area (Å²) in [6, 6.07) is 4.44. The fourth-order valence-corrected chi connectivity index (χ4v) is 7.36. The summed E-state index contributed by atoms with van der Waals surface area (Å²) in [6.07, 6.45) is 7.84. The topological polar surface area (TPSA) is 81.7 Å². The first kappa shape index (κ1) is 20.3. The number of methoxy groups -OCH3 is 2. The Balaban J connectivity index is 1.43. The van der Waals surface area contributed by atoms with Gasteiger partial charge in [-0.05, 0) is 74.5 Å². The van der Waals surface area contributed by atoms with Crippen LogP contribution in [0.1, 0.15) is 59.2 Å². The van der Waals surface area contributed by atoms with Crippen molar-refractivity contribution in [3.63, 3.8) is 0 Å². The molecule has 4 saturated carbocycles. The number of rotatable bonds is 6. The molecule has 0 radical (unpaired) electrons. The smallest absolute Gasteiger partial charge is 0.337 e. The lowest BCUT2D eigenvalue weighted by molar-refractivity contribution is -0.113. The highest BCUT2D eigenvalue weighted by molar-refractivity contribution is 8.01. The summed E-state index contributed by atoms with van der Waals surface area (Å²) in [7, 11) is 2.54. The summed E-state index contributed by atoms with van der Waals surface area (Å²) in [6.45, 7) is 0. The van der Waals surface area contributed by atoms with Crippen LogP contribution in [-0.4, -0.2) is 42.6 Å². The Morgan fingerprint density at radius 2 is 1.41 bits per heavy atom. The highest BCUT2D eigenvalue weighted by Gasteiger charge is 2.51. The van der Waals surface area contributed by atoms with E-state index in [1.165, 1.54) is 70.9 Å². The van der Waals surface area contributed by atoms with Gasteiger partial charge in [0.05, 0.1) is 31.1 Å². The van der Waals surface area contributed by atoms with E-state index in [0.717, 1.165) is 17.8 Å². The van der Waals surface area contributed by atoms with Gasteiger partial charge in [0.2, 0.25) is 5.91 Å². The van der Waals surface area contributed by atoms with E-state index in [1.54, 1.807) is 11.8 Å². The number of thioether (sulfide) groups is 1. The molecule has 4 aliphatic carbocycles. The Kier molecular flexibility index (Phi) is 5.60. The Morgan fingerprint density at radius 3 is 1.86 bits per heavy atom. The lowest BCUT2D eigenvalue weighted by Crippen LogP contribution is -2.49. The Morgan fingerprint density at radius 1 is 0.931 bits per heavy atom. The number of anilines is 1. The second-order valence-corrected chi connectivity index (χ2v) is 10.2. The Labute approximate surface area is 175 Å². The molecule has 1 aromatic carbocycles. The van der Waals surface area contributed by atoms with E-state index in [4.69, 9.17) is 9.47 Å². The fourth-order valence-electron chi connectivity index (χ4n) is 5.79. The van der Waals surface area contributed by atoms with Gasteiger partial charge < -0.3 is 14.8 Å². The van der Waals surface area contributed by atoms with Gasteiger partial charge in [-0.2, -0.15) is 0 Å². The summed E-state index contributed by atoms with van der Waals surface area (Å²) >= 11 is 1.80. The van der Waals surface area contributed by atoms with Crippen molar-refractivity contribution >= 4 is 35.3 Å². The molecule has 0 spiro atoms. The van der Waals surface area contributed by atoms with Gasteiger partial charge in [0.1, 0.15) is 0 Å². The maximum absolute atomic E-state index is 12.6. The lowest BCUT2D eigenvalue weighted by atomic mass is 9.56. The summed E-state index contributed by atoms with van der Waals surface area (Å²) in [5, 5.41) is 2.84. The summed E-state index contributed by atoms with van der Waals surface area (Å²) in [4.78, 5) is 36.5. The van der Waals surface area contributed by atoms with Crippen molar-refractivity contribution < 1.29 is 23.9 Å². The summed E-state index contributed by atoms with van der Waals surface area (Å²) < 4.78 is 9.74. The molecular formula is C22H27NO5S. The molecule has 0 saturated heterocycles. The molecule has 1 N–H and O–H groups in total. The zero-order valence-electron chi connectivity index (χ0n) is 16.9. The maximum atomic E-state index is 12.6. The molecule has 6 nitrogen and oxygen atoms in total. The van der Waals surface area contributed by atoms with E-state index >= 15 is 0 Å². The van der Waals surface area contributed by atoms with E-state index in [0.29, 0.717) is 11.4 Å². The average molecular weight is 418 g/mol. The third-order valence-electron chi connectivity index (χ3n) is 6.55. The normalized spacial score (nSPS) is 29.4. The number of nitrogens with one attached hydrogen (secondary N) is 1. The van der Waals surface area contributed by atoms with Gasteiger partial charge in [-0.25, -0.2) is 9.59 Å². The van der Waals surface area contributed by atoms with E-state index in [9.17, 15) is 14.4 Å². The molecule has 0 unspecified atom stereocenters. The van der Waals surface area contributed by atoms with Crippen molar-refractivity contribution in [1.82, 2.24) is 0 Å². The molecule has 0 heterocycles. The Bertz CT molecular complexity index is 767. The first-order valence-corrected chi connectivity index (χ1v) is 11.1. The predicted molar refractivity (Wildman–Crippen MR) is 111 cm³/mol. The first-order valence-electron chi connectivity index (χ1n) is 10.2. The minimum absolute atomic E-state index is 0.122. The van der Waals surface area contributed by atoms with Crippen LogP contribution in [0.2, 0.25) is 0 Å². The number of hydrogen-bond acceptors (Lipinski definition) is 6. The molecule has 4 bridgehead atoms. The van der Waals surface area contributed by atoms with Crippen LogP contribution >= 0.6 is 11.8 Å². The monoisotopic (exact) mass is 417 g/mol. The minimum Gasteiger partial charge on any atom is -0.465 e. The van der Waals surface area contributed by atoms with Crippen LogP contribution in [0.5, 0.6) is 0 Å². The molecule has 29 heavy (non-hydrogen) atoms. The second kappa shape index (κ2) is 8.01. The number of carbonyl (C=O) groups excluding carboxylic acids is 3. The zero-order valence-corrected chi connectivity index (χ0v) is 17.7. The van der Waals surface area contributed by atoms with Gasteiger partial charge in [-0.3, -0.25) is 4.79 Å². The standard InChI is InChI=1S/C22H27NO5S/c1-27-20(25)16-6-17(21(26)28-2)8-18(7-16)23-19(24)12-29-22-9-13-3-14(10-22)5-15(4-13)11-22/h6-8,13-15H,3-5,9-12H2,1-2H3,(H,23,24).